The topological polar surface area (TPSA) is 102 Å². The van der Waals surface area contributed by atoms with E-state index in [1.54, 1.807) is 30.3 Å². The highest BCUT2D eigenvalue weighted by atomic mass is 35.5. The van der Waals surface area contributed by atoms with E-state index >= 15 is 0 Å². The highest BCUT2D eigenvalue weighted by Crippen LogP contribution is 2.27. The molecule has 0 aromatic heterocycles. The second kappa shape index (κ2) is 8.49. The van der Waals surface area contributed by atoms with Crippen molar-refractivity contribution in [2.45, 2.75) is 4.90 Å². The van der Waals surface area contributed by atoms with E-state index in [2.05, 4.69) is 9.93 Å². The number of hydrogen-bond donors (Lipinski definition) is 2. The van der Waals surface area contributed by atoms with Crippen molar-refractivity contribution in [3.8, 4) is 0 Å². The van der Waals surface area contributed by atoms with E-state index in [1.165, 1.54) is 23.2 Å². The minimum absolute atomic E-state index is 0.108. The molecular formula is C18H19ClN4O4S. The Morgan fingerprint density at radius 1 is 1.07 bits per heavy atom. The normalized spacial score (nSPS) is 15.0. The fraction of sp³-hybridized carbons (Fsp3) is 0.222. The quantitative estimate of drug-likeness (QED) is 0.569. The number of amides is 1. The first-order chi connectivity index (χ1) is 13.4. The van der Waals surface area contributed by atoms with Gasteiger partial charge in [0.2, 0.25) is 0 Å². The van der Waals surface area contributed by atoms with Gasteiger partial charge >= 0.3 is 6.09 Å². The van der Waals surface area contributed by atoms with Crippen molar-refractivity contribution >= 4 is 39.6 Å². The van der Waals surface area contributed by atoms with Crippen LogP contribution in [0.2, 0.25) is 5.02 Å². The number of nitrogens with one attached hydrogen (secondary N) is 1. The smallest absolute Gasteiger partial charge is 0.407 e. The maximum atomic E-state index is 12.3. The van der Waals surface area contributed by atoms with Crippen LogP contribution >= 0.6 is 11.6 Å². The number of hydrazone groups is 1. The summed E-state index contributed by atoms with van der Waals surface area (Å²) in [5.74, 6) is 0. The summed E-state index contributed by atoms with van der Waals surface area (Å²) in [7, 11) is -3.77. The number of benzene rings is 2. The molecule has 2 aromatic carbocycles. The molecule has 2 N–H and O–H groups in total. The van der Waals surface area contributed by atoms with Crippen molar-refractivity contribution in [3.05, 3.63) is 59.1 Å². The van der Waals surface area contributed by atoms with Crippen molar-refractivity contribution in [1.82, 2.24) is 9.73 Å². The SMILES string of the molecule is O=C(O)N1CCN(c2cccc(Cl)c2/C=N/NS(=O)(=O)c2ccccc2)CC1. The number of halogens is 1. The minimum Gasteiger partial charge on any atom is -0.465 e. The van der Waals surface area contributed by atoms with Crippen molar-refractivity contribution in [2.75, 3.05) is 31.1 Å². The Morgan fingerprint density at radius 2 is 1.75 bits per heavy atom. The fourth-order valence-electron chi connectivity index (χ4n) is 2.88. The van der Waals surface area contributed by atoms with Crippen LogP contribution in [-0.2, 0) is 10.0 Å². The van der Waals surface area contributed by atoms with Gasteiger partial charge in [0.1, 0.15) is 0 Å². The van der Waals surface area contributed by atoms with E-state index in [4.69, 9.17) is 16.7 Å². The van der Waals surface area contributed by atoms with Crippen LogP contribution in [0.4, 0.5) is 10.5 Å². The van der Waals surface area contributed by atoms with Gasteiger partial charge < -0.3 is 14.9 Å². The van der Waals surface area contributed by atoms with E-state index in [9.17, 15) is 13.2 Å². The lowest BCUT2D eigenvalue weighted by Gasteiger charge is -2.35. The Morgan fingerprint density at radius 3 is 2.39 bits per heavy atom. The molecule has 1 amide bonds. The highest BCUT2D eigenvalue weighted by Gasteiger charge is 2.22. The first kappa shape index (κ1) is 20.0. The monoisotopic (exact) mass is 422 g/mol. The van der Waals surface area contributed by atoms with Crippen LogP contribution in [0.5, 0.6) is 0 Å². The lowest BCUT2D eigenvalue weighted by atomic mass is 10.1. The molecule has 1 heterocycles. The third-order valence-electron chi connectivity index (χ3n) is 4.34. The van der Waals surface area contributed by atoms with E-state index in [0.29, 0.717) is 36.8 Å². The third kappa shape index (κ3) is 4.55. The number of piperazine rings is 1. The van der Waals surface area contributed by atoms with Crippen LogP contribution in [0.3, 0.4) is 0 Å². The van der Waals surface area contributed by atoms with Gasteiger partial charge in [-0.25, -0.2) is 9.63 Å². The molecule has 0 atom stereocenters. The highest BCUT2D eigenvalue weighted by molar-refractivity contribution is 7.89. The zero-order valence-corrected chi connectivity index (χ0v) is 16.4. The molecular weight excluding hydrogens is 404 g/mol. The van der Waals surface area contributed by atoms with E-state index < -0.39 is 16.1 Å². The lowest BCUT2D eigenvalue weighted by Crippen LogP contribution is -2.48. The number of nitrogens with zero attached hydrogens (tertiary/aromatic N) is 3. The van der Waals surface area contributed by atoms with Gasteiger partial charge in [0.25, 0.3) is 10.0 Å². The molecule has 1 fully saturated rings. The van der Waals surface area contributed by atoms with Crippen LogP contribution in [0.15, 0.2) is 58.5 Å². The zero-order chi connectivity index (χ0) is 20.1. The van der Waals surface area contributed by atoms with E-state index in [0.717, 1.165) is 5.69 Å². The summed E-state index contributed by atoms with van der Waals surface area (Å²) in [4.78, 5) is 16.7. The maximum Gasteiger partial charge on any atom is 0.407 e. The Labute approximate surface area is 168 Å². The molecule has 1 saturated heterocycles. The fourth-order valence-corrected chi connectivity index (χ4v) is 3.91. The van der Waals surface area contributed by atoms with Crippen molar-refractivity contribution in [2.24, 2.45) is 5.10 Å². The maximum absolute atomic E-state index is 12.3. The van der Waals surface area contributed by atoms with E-state index in [1.807, 2.05) is 11.0 Å². The largest absolute Gasteiger partial charge is 0.465 e. The molecule has 0 saturated carbocycles. The first-order valence-corrected chi connectivity index (χ1v) is 10.4. The summed E-state index contributed by atoms with van der Waals surface area (Å²) in [5, 5.41) is 13.4. The minimum atomic E-state index is -3.77. The molecule has 8 nitrogen and oxygen atoms in total. The Hall–Kier alpha value is -2.78. The third-order valence-corrected chi connectivity index (χ3v) is 5.91. The summed E-state index contributed by atoms with van der Waals surface area (Å²) < 4.78 is 24.5. The molecule has 0 radical (unpaired) electrons. The van der Waals surface area contributed by atoms with Gasteiger partial charge in [0.15, 0.2) is 0 Å². The van der Waals surface area contributed by atoms with Crippen molar-refractivity contribution in [1.29, 1.82) is 0 Å². The number of carboxylic acid groups (broad SMARTS) is 1. The molecule has 28 heavy (non-hydrogen) atoms. The summed E-state index contributed by atoms with van der Waals surface area (Å²) in [6, 6.07) is 13.2. The summed E-state index contributed by atoms with van der Waals surface area (Å²) in [6.45, 7) is 1.75. The number of sulfonamides is 1. The van der Waals surface area contributed by atoms with Crippen LogP contribution in [0.1, 0.15) is 5.56 Å². The Kier molecular flexibility index (Phi) is 6.05. The standard InChI is InChI=1S/C18H19ClN4O4S/c19-16-7-4-8-17(22-9-11-23(12-10-22)18(24)25)15(16)13-20-21-28(26,27)14-5-2-1-3-6-14/h1-8,13,21H,9-12H2,(H,24,25)/b20-13+. The molecule has 0 aliphatic carbocycles. The predicted molar refractivity (Wildman–Crippen MR) is 108 cm³/mol. The van der Waals surface area contributed by atoms with Gasteiger partial charge in [-0.1, -0.05) is 35.9 Å². The molecule has 0 bridgehead atoms. The lowest BCUT2D eigenvalue weighted by molar-refractivity contribution is 0.142. The van der Waals surface area contributed by atoms with Crippen molar-refractivity contribution in [3.63, 3.8) is 0 Å². The number of carbonyl (C=O) groups is 1. The first-order valence-electron chi connectivity index (χ1n) is 8.50. The van der Waals surface area contributed by atoms with Gasteiger partial charge in [-0.3, -0.25) is 0 Å². The summed E-state index contributed by atoms with van der Waals surface area (Å²) >= 11 is 6.30. The average Bonchev–Trinajstić information content (AvgIpc) is 2.70. The molecule has 0 spiro atoms. The second-order valence-corrected chi connectivity index (χ2v) is 8.16. The average molecular weight is 423 g/mol. The van der Waals surface area contributed by atoms with Gasteiger partial charge in [0.05, 0.1) is 16.1 Å². The van der Waals surface area contributed by atoms with E-state index in [-0.39, 0.29) is 4.90 Å². The van der Waals surface area contributed by atoms with Crippen molar-refractivity contribution < 1.29 is 18.3 Å². The van der Waals surface area contributed by atoms with Crippen LogP contribution in [-0.4, -0.2) is 56.9 Å². The Balaban J connectivity index is 1.78. The summed E-state index contributed by atoms with van der Waals surface area (Å²) in [6.07, 6.45) is 0.421. The van der Waals surface area contributed by atoms with Crippen LogP contribution in [0, 0.1) is 0 Å². The summed E-state index contributed by atoms with van der Waals surface area (Å²) in [5.41, 5.74) is 1.32. The molecule has 3 rings (SSSR count). The number of rotatable bonds is 5. The van der Waals surface area contributed by atoms with Gasteiger partial charge in [-0.15, -0.1) is 0 Å². The number of hydrogen-bond acceptors (Lipinski definition) is 5. The molecule has 1 aliphatic heterocycles. The van der Waals surface area contributed by atoms with Crippen LogP contribution in [0.25, 0.3) is 0 Å². The van der Waals surface area contributed by atoms with Crippen LogP contribution < -0.4 is 9.73 Å². The zero-order valence-electron chi connectivity index (χ0n) is 14.8. The van der Waals surface area contributed by atoms with Gasteiger partial charge in [-0.05, 0) is 24.3 Å². The molecule has 1 aliphatic rings. The number of anilines is 1. The molecule has 2 aromatic rings. The molecule has 148 valence electrons. The molecule has 10 heteroatoms. The van der Waals surface area contributed by atoms with Gasteiger partial charge in [0, 0.05) is 37.4 Å². The van der Waals surface area contributed by atoms with Gasteiger partial charge in [-0.2, -0.15) is 13.5 Å². The predicted octanol–water partition coefficient (Wildman–Crippen LogP) is 2.45. The Bertz CT molecular complexity index is 974. The second-order valence-electron chi connectivity index (χ2n) is 6.10. The molecule has 0 unspecified atom stereocenters.